The number of nitro benzene ring substituents is 1. The van der Waals surface area contributed by atoms with Gasteiger partial charge in [0.05, 0.1) is 4.92 Å². The zero-order valence-electron chi connectivity index (χ0n) is 10.00. The lowest BCUT2D eigenvalue weighted by Gasteiger charge is -2.23. The molecule has 1 unspecified atom stereocenters. The van der Waals surface area contributed by atoms with Crippen molar-refractivity contribution >= 4 is 17.3 Å². The maximum Gasteiger partial charge on any atom is 0.326 e. The van der Waals surface area contributed by atoms with Crippen molar-refractivity contribution in [1.29, 1.82) is 0 Å². The summed E-state index contributed by atoms with van der Waals surface area (Å²) in [6, 6.07) is 4.22. The maximum atomic E-state index is 11.1. The van der Waals surface area contributed by atoms with Gasteiger partial charge in [-0.1, -0.05) is 6.07 Å². The van der Waals surface area contributed by atoms with Crippen LogP contribution in [0.2, 0.25) is 0 Å². The largest absolute Gasteiger partial charge is 0.480 e. The van der Waals surface area contributed by atoms with Gasteiger partial charge in [0.2, 0.25) is 0 Å². The second-order valence-corrected chi connectivity index (χ2v) is 4.44. The van der Waals surface area contributed by atoms with Gasteiger partial charge >= 0.3 is 5.97 Å². The summed E-state index contributed by atoms with van der Waals surface area (Å²) in [7, 11) is 0. The summed E-state index contributed by atoms with van der Waals surface area (Å²) >= 11 is 0. The van der Waals surface area contributed by atoms with E-state index in [2.05, 4.69) is 0 Å². The number of carboxylic acids is 1. The standard InChI is InChI=1S/C12H14N2O4/c1-8-4-5-9(11(7-8)14(17)18)13-6-2-3-10(13)12(15)16/h4-5,7,10H,2-3,6H2,1H3,(H,15,16). The van der Waals surface area contributed by atoms with Gasteiger partial charge in [0.15, 0.2) is 0 Å². The number of nitro groups is 1. The van der Waals surface area contributed by atoms with Crippen molar-refractivity contribution in [2.45, 2.75) is 25.8 Å². The van der Waals surface area contributed by atoms with Crippen molar-refractivity contribution in [3.8, 4) is 0 Å². The first-order valence-electron chi connectivity index (χ1n) is 5.75. The molecule has 0 spiro atoms. The van der Waals surface area contributed by atoms with Gasteiger partial charge in [-0.2, -0.15) is 0 Å². The highest BCUT2D eigenvalue weighted by molar-refractivity contribution is 5.81. The second-order valence-electron chi connectivity index (χ2n) is 4.44. The van der Waals surface area contributed by atoms with Crippen LogP contribution >= 0.6 is 0 Å². The maximum absolute atomic E-state index is 11.1. The van der Waals surface area contributed by atoms with Crippen molar-refractivity contribution in [3.63, 3.8) is 0 Å². The van der Waals surface area contributed by atoms with Crippen molar-refractivity contribution in [1.82, 2.24) is 0 Å². The van der Waals surface area contributed by atoms with E-state index < -0.39 is 16.9 Å². The molecule has 18 heavy (non-hydrogen) atoms. The van der Waals surface area contributed by atoms with E-state index in [9.17, 15) is 14.9 Å². The number of rotatable bonds is 3. The molecule has 1 aliphatic heterocycles. The predicted molar refractivity (Wildman–Crippen MR) is 65.8 cm³/mol. The van der Waals surface area contributed by atoms with Crippen molar-refractivity contribution in [2.24, 2.45) is 0 Å². The molecule has 6 nitrogen and oxygen atoms in total. The van der Waals surface area contributed by atoms with Gasteiger partial charge in [0, 0.05) is 12.6 Å². The Kier molecular flexibility index (Phi) is 3.18. The highest BCUT2D eigenvalue weighted by Crippen LogP contribution is 2.34. The first kappa shape index (κ1) is 12.3. The van der Waals surface area contributed by atoms with Crippen LogP contribution in [0.15, 0.2) is 18.2 Å². The molecular weight excluding hydrogens is 236 g/mol. The summed E-state index contributed by atoms with van der Waals surface area (Å²) in [5.41, 5.74) is 1.16. The molecule has 0 amide bonds. The van der Waals surface area contributed by atoms with Crippen molar-refractivity contribution in [3.05, 3.63) is 33.9 Å². The minimum absolute atomic E-state index is 0.0249. The second kappa shape index (κ2) is 4.64. The zero-order valence-corrected chi connectivity index (χ0v) is 10.00. The van der Waals surface area contributed by atoms with Gasteiger partial charge in [0.25, 0.3) is 5.69 Å². The van der Waals surface area contributed by atoms with Crippen LogP contribution in [0, 0.1) is 17.0 Å². The fourth-order valence-corrected chi connectivity index (χ4v) is 2.33. The Balaban J connectivity index is 2.44. The Labute approximate surface area is 104 Å². The topological polar surface area (TPSA) is 83.7 Å². The predicted octanol–water partition coefficient (Wildman–Crippen LogP) is 1.96. The summed E-state index contributed by atoms with van der Waals surface area (Å²) in [4.78, 5) is 23.3. The quantitative estimate of drug-likeness (QED) is 0.654. The van der Waals surface area contributed by atoms with Gasteiger partial charge in [-0.25, -0.2) is 4.79 Å². The van der Waals surface area contributed by atoms with Gasteiger partial charge in [-0.05, 0) is 31.4 Å². The number of anilines is 1. The third kappa shape index (κ3) is 2.13. The number of nitrogens with zero attached hydrogens (tertiary/aromatic N) is 2. The van der Waals surface area contributed by atoms with E-state index in [1.807, 2.05) is 0 Å². The summed E-state index contributed by atoms with van der Waals surface area (Å²) in [6.45, 7) is 2.32. The molecule has 1 aliphatic rings. The molecule has 96 valence electrons. The minimum Gasteiger partial charge on any atom is -0.480 e. The highest BCUT2D eigenvalue weighted by Gasteiger charge is 2.34. The van der Waals surface area contributed by atoms with Crippen LogP contribution in [0.5, 0.6) is 0 Å². The van der Waals surface area contributed by atoms with Crippen LogP contribution in [-0.2, 0) is 4.79 Å². The summed E-state index contributed by atoms with van der Waals surface area (Å²) in [5.74, 6) is -0.928. The molecule has 2 rings (SSSR count). The monoisotopic (exact) mass is 250 g/mol. The minimum atomic E-state index is -0.928. The lowest BCUT2D eigenvalue weighted by molar-refractivity contribution is -0.384. The smallest absolute Gasteiger partial charge is 0.326 e. The summed E-state index contributed by atoms with van der Waals surface area (Å²) < 4.78 is 0. The van der Waals surface area contributed by atoms with E-state index in [4.69, 9.17) is 5.11 Å². The van der Waals surface area contributed by atoms with E-state index in [1.165, 1.54) is 6.07 Å². The lowest BCUT2D eigenvalue weighted by atomic mass is 10.1. The molecular formula is C12H14N2O4. The molecule has 0 radical (unpaired) electrons. The van der Waals surface area contributed by atoms with Gasteiger partial charge in [0.1, 0.15) is 11.7 Å². The molecule has 6 heteroatoms. The first-order chi connectivity index (χ1) is 8.50. The molecule has 1 atom stereocenters. The average Bonchev–Trinajstić information content (AvgIpc) is 2.77. The van der Waals surface area contributed by atoms with E-state index in [1.54, 1.807) is 24.0 Å². The number of benzene rings is 1. The number of hydrogen-bond donors (Lipinski definition) is 1. The van der Waals surface area contributed by atoms with Crippen LogP contribution in [-0.4, -0.2) is 28.6 Å². The Morgan fingerprint density at radius 3 is 2.89 bits per heavy atom. The number of aryl methyl sites for hydroxylation is 1. The Morgan fingerprint density at radius 1 is 1.56 bits per heavy atom. The molecule has 1 N–H and O–H groups in total. The Bertz CT molecular complexity index is 501. The van der Waals surface area contributed by atoms with E-state index in [-0.39, 0.29) is 5.69 Å². The van der Waals surface area contributed by atoms with Gasteiger partial charge in [-0.3, -0.25) is 10.1 Å². The Hall–Kier alpha value is -2.11. The number of aliphatic carboxylic acids is 1. The van der Waals surface area contributed by atoms with Crippen LogP contribution in [0.25, 0.3) is 0 Å². The molecule has 0 bridgehead atoms. The van der Waals surface area contributed by atoms with E-state index >= 15 is 0 Å². The van der Waals surface area contributed by atoms with Crippen molar-refractivity contribution < 1.29 is 14.8 Å². The zero-order chi connectivity index (χ0) is 13.3. The van der Waals surface area contributed by atoms with Gasteiger partial charge in [-0.15, -0.1) is 0 Å². The highest BCUT2D eigenvalue weighted by atomic mass is 16.6. The molecule has 1 saturated heterocycles. The van der Waals surface area contributed by atoms with Gasteiger partial charge < -0.3 is 10.0 Å². The van der Waals surface area contributed by atoms with Crippen LogP contribution in [0.3, 0.4) is 0 Å². The molecule has 1 fully saturated rings. The third-order valence-electron chi connectivity index (χ3n) is 3.17. The summed E-state index contributed by atoms with van der Waals surface area (Å²) in [6.07, 6.45) is 1.27. The molecule has 0 saturated carbocycles. The van der Waals surface area contributed by atoms with Crippen LogP contribution in [0.4, 0.5) is 11.4 Å². The van der Waals surface area contributed by atoms with Crippen LogP contribution < -0.4 is 4.90 Å². The third-order valence-corrected chi connectivity index (χ3v) is 3.17. The number of hydrogen-bond acceptors (Lipinski definition) is 4. The van der Waals surface area contributed by atoms with E-state index in [0.29, 0.717) is 18.7 Å². The molecule has 1 aromatic carbocycles. The van der Waals surface area contributed by atoms with E-state index in [0.717, 1.165) is 12.0 Å². The molecule has 0 aliphatic carbocycles. The fraction of sp³-hybridized carbons (Fsp3) is 0.417. The van der Waals surface area contributed by atoms with Crippen molar-refractivity contribution in [2.75, 3.05) is 11.4 Å². The SMILES string of the molecule is Cc1ccc(N2CCCC2C(=O)O)c([N+](=O)[O-])c1. The number of carboxylic acid groups (broad SMARTS) is 1. The Morgan fingerprint density at radius 2 is 2.28 bits per heavy atom. The average molecular weight is 250 g/mol. The molecule has 1 aromatic rings. The van der Waals surface area contributed by atoms with Crippen LogP contribution in [0.1, 0.15) is 18.4 Å². The first-order valence-corrected chi connectivity index (χ1v) is 5.75. The molecule has 0 aromatic heterocycles. The number of carbonyl (C=O) groups is 1. The summed E-state index contributed by atoms with van der Waals surface area (Å²) in [5, 5.41) is 20.2. The fourth-order valence-electron chi connectivity index (χ4n) is 2.33. The molecule has 1 heterocycles. The lowest BCUT2D eigenvalue weighted by Crippen LogP contribution is -2.36. The normalized spacial score (nSPS) is 18.9.